The van der Waals surface area contributed by atoms with Gasteiger partial charge in [0.05, 0.1) is 22.3 Å². The zero-order valence-corrected chi connectivity index (χ0v) is 34.4. The van der Waals surface area contributed by atoms with Crippen LogP contribution in [0.5, 0.6) is 0 Å². The summed E-state index contributed by atoms with van der Waals surface area (Å²) in [4.78, 5) is 0. The maximum absolute atomic E-state index is 13.5. The quantitative estimate of drug-likeness (QED) is 0.0826. The van der Waals surface area contributed by atoms with E-state index in [1.54, 1.807) is 0 Å². The molecule has 2 fully saturated rings. The summed E-state index contributed by atoms with van der Waals surface area (Å²) in [6.45, 7) is 1.32. The maximum Gasteiger partial charge on any atom is 0.416 e. The Hall–Kier alpha value is -3.36. The molecule has 0 spiro atoms. The van der Waals surface area contributed by atoms with Crippen molar-refractivity contribution in [2.75, 3.05) is 0 Å². The minimum Gasteiger partial charge on any atom is -0.166 e. The number of hydrogen-bond donors (Lipinski definition) is 0. The SMILES string of the molecule is CC([C]1[CH][CH][CH][CH]1)P(c1cc(C(F)(F)F)cc(C(F)(F)F)c1)c1cc(C(F)(F)F)cc(C(F)(F)F)c1.[CH]1[CH][CH][C](c2ccccc2P(c2ccccc2)c2ccccc2)[CH]1.[Fe]. The second kappa shape index (κ2) is 20.0. The predicted molar refractivity (Wildman–Crippen MR) is 214 cm³/mol. The topological polar surface area (TPSA) is 0 Å². The summed E-state index contributed by atoms with van der Waals surface area (Å²) in [7, 11) is -3.19. The Morgan fingerprint density at radius 1 is 0.410 bits per heavy atom. The molecule has 7 rings (SSSR count). The number of benzene rings is 5. The van der Waals surface area contributed by atoms with Gasteiger partial charge < -0.3 is 0 Å². The van der Waals surface area contributed by atoms with E-state index in [9.17, 15) is 52.7 Å². The molecule has 2 aliphatic rings. The van der Waals surface area contributed by atoms with Gasteiger partial charge in [0.1, 0.15) is 0 Å². The Morgan fingerprint density at radius 2 is 0.754 bits per heavy atom. The van der Waals surface area contributed by atoms with Crippen molar-refractivity contribution < 1.29 is 69.8 Å². The molecule has 0 heterocycles. The summed E-state index contributed by atoms with van der Waals surface area (Å²) in [5.74, 6) is 1.61. The first-order valence-corrected chi connectivity index (χ1v) is 20.8. The smallest absolute Gasteiger partial charge is 0.166 e. The fourth-order valence-corrected chi connectivity index (χ4v) is 11.9. The van der Waals surface area contributed by atoms with Crippen molar-refractivity contribution in [3.05, 3.63) is 212 Å². The van der Waals surface area contributed by atoms with Crippen LogP contribution < -0.4 is 26.5 Å². The normalized spacial score (nSPS) is 16.0. The van der Waals surface area contributed by atoms with Crippen LogP contribution in [0, 0.1) is 63.2 Å². The van der Waals surface area contributed by atoms with Gasteiger partial charge in [-0.2, -0.15) is 52.7 Å². The van der Waals surface area contributed by atoms with Gasteiger partial charge in [0.25, 0.3) is 0 Å². The summed E-state index contributed by atoms with van der Waals surface area (Å²) in [5, 5.41) is 2.84. The van der Waals surface area contributed by atoms with Gasteiger partial charge in [0.2, 0.25) is 0 Å². The first-order valence-electron chi connectivity index (χ1n) is 18.0. The molecule has 1 unspecified atom stereocenters. The first-order chi connectivity index (χ1) is 28.2. The van der Waals surface area contributed by atoms with Crippen molar-refractivity contribution in [3.8, 4) is 0 Å². The van der Waals surface area contributed by atoms with Gasteiger partial charge in [-0.1, -0.05) is 91.9 Å². The van der Waals surface area contributed by atoms with Crippen molar-refractivity contribution in [3.63, 3.8) is 0 Å². The van der Waals surface area contributed by atoms with Crippen molar-refractivity contribution >= 4 is 42.4 Å². The molecule has 5 aromatic rings. The molecule has 1 atom stereocenters. The van der Waals surface area contributed by atoms with Crippen LogP contribution in [-0.2, 0) is 41.8 Å². The molecule has 61 heavy (non-hydrogen) atoms. The first kappa shape index (κ1) is 48.7. The number of alkyl halides is 12. The van der Waals surface area contributed by atoms with Crippen molar-refractivity contribution in [2.45, 2.75) is 37.3 Å². The Balaban J connectivity index is 0.000000244. The predicted octanol–water partition coefficient (Wildman–Crippen LogP) is 12.2. The van der Waals surface area contributed by atoms with Crippen LogP contribution in [-0.4, -0.2) is 5.66 Å². The summed E-state index contributed by atoms with van der Waals surface area (Å²) < 4.78 is 162. The van der Waals surface area contributed by atoms with Crippen molar-refractivity contribution in [2.24, 2.45) is 0 Å². The largest absolute Gasteiger partial charge is 0.416 e. The summed E-state index contributed by atoms with van der Waals surface area (Å²) in [6.07, 6.45) is -6.62. The van der Waals surface area contributed by atoms with Crippen LogP contribution >= 0.6 is 15.8 Å². The van der Waals surface area contributed by atoms with Crippen LogP contribution in [0.1, 0.15) is 34.7 Å². The Bertz CT molecular complexity index is 1990. The molecular weight excluding hydrogens is 898 g/mol. The average Bonchev–Trinajstić information content (AvgIpc) is 3.94. The van der Waals surface area contributed by atoms with Crippen LogP contribution in [0.3, 0.4) is 0 Å². The number of rotatable bonds is 8. The molecule has 0 nitrogen and oxygen atoms in total. The van der Waals surface area contributed by atoms with Gasteiger partial charge in [-0.05, 0) is 147 Å². The second-order valence-corrected chi connectivity index (χ2v) is 18.2. The molecule has 0 amide bonds. The Morgan fingerprint density at radius 3 is 1.13 bits per heavy atom. The monoisotopic (exact) mass is 930 g/mol. The van der Waals surface area contributed by atoms with Crippen LogP contribution in [0.2, 0.25) is 0 Å². The van der Waals surface area contributed by atoms with Crippen molar-refractivity contribution in [1.29, 1.82) is 0 Å². The van der Waals surface area contributed by atoms with Gasteiger partial charge in [0.15, 0.2) is 0 Å². The molecule has 0 aromatic heterocycles. The van der Waals surface area contributed by atoms with E-state index < -0.39 is 79.1 Å². The summed E-state index contributed by atoms with van der Waals surface area (Å²) in [6, 6.07) is 31.6. The molecule has 0 aliphatic heterocycles. The van der Waals surface area contributed by atoms with E-state index in [4.69, 9.17) is 0 Å². The van der Waals surface area contributed by atoms with E-state index in [2.05, 4.69) is 111 Å². The van der Waals surface area contributed by atoms with Gasteiger partial charge >= 0.3 is 24.7 Å². The third-order valence-electron chi connectivity index (χ3n) is 9.41. The summed E-state index contributed by atoms with van der Waals surface area (Å²) in [5.41, 5.74) is -6.60. The molecule has 0 saturated heterocycles. The second-order valence-electron chi connectivity index (χ2n) is 13.5. The average molecular weight is 931 g/mol. The number of halogens is 12. The minimum atomic E-state index is -5.26. The molecular formula is C46H32F12FeP2. The fourth-order valence-electron chi connectivity index (χ4n) is 6.62. The summed E-state index contributed by atoms with van der Waals surface area (Å²) >= 11 is 0. The van der Waals surface area contributed by atoms with Crippen LogP contribution in [0.15, 0.2) is 121 Å². The molecule has 5 aromatic carbocycles. The zero-order chi connectivity index (χ0) is 43.5. The molecule has 318 valence electrons. The van der Waals surface area contributed by atoms with Gasteiger partial charge in [-0.25, -0.2) is 0 Å². The Kier molecular flexibility index (Phi) is 16.0. The van der Waals surface area contributed by atoms with E-state index in [-0.39, 0.29) is 29.2 Å². The maximum atomic E-state index is 13.5. The van der Waals surface area contributed by atoms with Crippen molar-refractivity contribution in [1.82, 2.24) is 0 Å². The van der Waals surface area contributed by atoms with Crippen LogP contribution in [0.25, 0.3) is 0 Å². The Labute approximate surface area is 360 Å². The standard InChI is InChI=1S/C23H14F12P.C23H18P.Fe/c1-12(13-4-2-3-5-13)36(18-8-14(20(24,25)26)6-15(9-18)21(27,28)29)19-10-16(22(30,31)32)7-17(11-19)23(33,34)35;1-3-13-20(14-4-1)24(21-15-5-2-6-16-21)23-18-10-9-17-22(23)19-11-7-8-12-19;/h2-12H,1H3;1-18H;. The molecule has 0 bridgehead atoms. The van der Waals surface area contributed by atoms with Gasteiger partial charge in [0, 0.05) is 23.0 Å². The van der Waals surface area contributed by atoms with Crippen LogP contribution in [0.4, 0.5) is 52.7 Å². The molecule has 15 heteroatoms. The minimum absolute atomic E-state index is 0. The van der Waals surface area contributed by atoms with E-state index in [0.29, 0.717) is 30.2 Å². The molecule has 10 radical (unpaired) electrons. The van der Waals surface area contributed by atoms with Gasteiger partial charge in [-0.15, -0.1) is 0 Å². The van der Waals surface area contributed by atoms with E-state index in [1.807, 2.05) is 0 Å². The number of hydrogen-bond acceptors (Lipinski definition) is 0. The molecule has 0 N–H and O–H groups in total. The molecule has 2 aliphatic carbocycles. The van der Waals surface area contributed by atoms with E-state index >= 15 is 0 Å². The van der Waals surface area contributed by atoms with E-state index in [0.717, 1.165) is 0 Å². The van der Waals surface area contributed by atoms with Gasteiger partial charge in [-0.3, -0.25) is 0 Å². The fraction of sp³-hybridized carbons (Fsp3) is 0.130. The third-order valence-corrected chi connectivity index (χ3v) is 14.6. The van der Waals surface area contributed by atoms with E-state index in [1.165, 1.54) is 60.0 Å². The molecule has 2 saturated carbocycles. The zero-order valence-electron chi connectivity index (χ0n) is 31.5. The third kappa shape index (κ3) is 12.2.